The lowest BCUT2D eigenvalue weighted by molar-refractivity contribution is -0.118. The Morgan fingerprint density at radius 2 is 1.97 bits per heavy atom. The summed E-state index contributed by atoms with van der Waals surface area (Å²) in [6.45, 7) is 6.30. The third kappa shape index (κ3) is 6.08. The molecule has 162 valence electrons. The van der Waals surface area contributed by atoms with E-state index >= 15 is 0 Å². The molecule has 1 aliphatic heterocycles. The standard InChI is InChI=1S/C23H24N2O4S2/c1-4-28-19-11-15(12-20-22(27)25-23(30)31-20)9-10-18(19)29-13-21(26)24-17-8-6-5-7-16(17)14(2)3/h5-12,14H,4,13H2,1-3H3,(H,24,26)(H,25,27,30)/b20-12-. The van der Waals surface area contributed by atoms with Gasteiger partial charge in [-0.3, -0.25) is 9.59 Å². The van der Waals surface area contributed by atoms with Crippen LogP contribution in [0.25, 0.3) is 6.08 Å². The Kier molecular flexibility index (Phi) is 7.70. The van der Waals surface area contributed by atoms with Crippen molar-refractivity contribution < 1.29 is 19.1 Å². The lowest BCUT2D eigenvalue weighted by atomic mass is 10.0. The van der Waals surface area contributed by atoms with Crippen molar-refractivity contribution in [3.63, 3.8) is 0 Å². The second-order valence-corrected chi connectivity index (χ2v) is 8.79. The van der Waals surface area contributed by atoms with Crippen LogP contribution < -0.4 is 20.1 Å². The fraction of sp³-hybridized carbons (Fsp3) is 0.261. The average Bonchev–Trinajstić information content (AvgIpc) is 3.04. The van der Waals surface area contributed by atoms with Crippen LogP contribution in [0.5, 0.6) is 11.5 Å². The van der Waals surface area contributed by atoms with E-state index in [0.717, 1.165) is 16.8 Å². The first-order valence-electron chi connectivity index (χ1n) is 9.90. The zero-order chi connectivity index (χ0) is 22.4. The Morgan fingerprint density at radius 3 is 2.65 bits per heavy atom. The molecule has 2 amide bonds. The van der Waals surface area contributed by atoms with Gasteiger partial charge in [-0.25, -0.2) is 0 Å². The van der Waals surface area contributed by atoms with Gasteiger partial charge in [0.25, 0.3) is 11.8 Å². The van der Waals surface area contributed by atoms with Crippen LogP contribution in [-0.2, 0) is 9.59 Å². The van der Waals surface area contributed by atoms with E-state index in [-0.39, 0.29) is 24.3 Å². The van der Waals surface area contributed by atoms with Crippen LogP contribution in [0.4, 0.5) is 5.69 Å². The molecule has 1 heterocycles. The van der Waals surface area contributed by atoms with Gasteiger partial charge in [0, 0.05) is 5.69 Å². The molecule has 6 nitrogen and oxygen atoms in total. The van der Waals surface area contributed by atoms with Crippen LogP contribution in [-0.4, -0.2) is 29.3 Å². The van der Waals surface area contributed by atoms with Crippen molar-refractivity contribution in [2.24, 2.45) is 0 Å². The van der Waals surface area contributed by atoms with Gasteiger partial charge in [-0.15, -0.1) is 0 Å². The number of hydrogen-bond acceptors (Lipinski definition) is 6. The first-order valence-corrected chi connectivity index (χ1v) is 11.1. The molecular weight excluding hydrogens is 432 g/mol. The van der Waals surface area contributed by atoms with E-state index in [4.69, 9.17) is 21.7 Å². The average molecular weight is 457 g/mol. The number of amides is 2. The molecular formula is C23H24N2O4S2. The van der Waals surface area contributed by atoms with Gasteiger partial charge < -0.3 is 20.1 Å². The normalized spacial score (nSPS) is 14.6. The van der Waals surface area contributed by atoms with Crippen LogP contribution in [0.15, 0.2) is 47.4 Å². The molecule has 8 heteroatoms. The highest BCUT2D eigenvalue weighted by molar-refractivity contribution is 8.26. The van der Waals surface area contributed by atoms with Gasteiger partial charge in [0.15, 0.2) is 18.1 Å². The molecule has 1 saturated heterocycles. The van der Waals surface area contributed by atoms with E-state index < -0.39 is 0 Å². The molecule has 0 aliphatic carbocycles. The van der Waals surface area contributed by atoms with E-state index in [1.54, 1.807) is 24.3 Å². The Labute approximate surface area is 191 Å². The maximum absolute atomic E-state index is 12.4. The highest BCUT2D eigenvalue weighted by atomic mass is 32.2. The number of ether oxygens (including phenoxy) is 2. The van der Waals surface area contributed by atoms with Gasteiger partial charge >= 0.3 is 0 Å². The van der Waals surface area contributed by atoms with Crippen LogP contribution in [0.1, 0.15) is 37.8 Å². The molecule has 0 saturated carbocycles. The third-order valence-electron chi connectivity index (χ3n) is 4.42. The summed E-state index contributed by atoms with van der Waals surface area (Å²) >= 11 is 6.23. The van der Waals surface area contributed by atoms with Crippen molar-refractivity contribution in [2.75, 3.05) is 18.5 Å². The predicted octanol–water partition coefficient (Wildman–Crippen LogP) is 4.72. The first-order chi connectivity index (χ1) is 14.9. The summed E-state index contributed by atoms with van der Waals surface area (Å²) < 4.78 is 11.8. The summed E-state index contributed by atoms with van der Waals surface area (Å²) in [4.78, 5) is 24.8. The van der Waals surface area contributed by atoms with Crippen molar-refractivity contribution in [2.45, 2.75) is 26.7 Å². The second kappa shape index (κ2) is 10.5. The van der Waals surface area contributed by atoms with E-state index in [1.165, 1.54) is 11.8 Å². The second-order valence-electron chi connectivity index (χ2n) is 7.07. The third-order valence-corrected chi connectivity index (χ3v) is 5.59. The monoisotopic (exact) mass is 456 g/mol. The number of nitrogens with one attached hydrogen (secondary N) is 2. The first kappa shape index (κ1) is 22.8. The molecule has 0 atom stereocenters. The van der Waals surface area contributed by atoms with E-state index in [1.807, 2.05) is 31.2 Å². The highest BCUT2D eigenvalue weighted by Gasteiger charge is 2.22. The number of thioether (sulfide) groups is 1. The highest BCUT2D eigenvalue weighted by Crippen LogP contribution is 2.32. The van der Waals surface area contributed by atoms with Crippen molar-refractivity contribution >= 4 is 51.9 Å². The number of anilines is 1. The summed E-state index contributed by atoms with van der Waals surface area (Å²) in [7, 11) is 0. The Bertz CT molecular complexity index is 1030. The molecule has 0 radical (unpaired) electrons. The summed E-state index contributed by atoms with van der Waals surface area (Å²) in [6, 6.07) is 13.0. The summed E-state index contributed by atoms with van der Waals surface area (Å²) in [5.41, 5.74) is 2.62. The fourth-order valence-electron chi connectivity index (χ4n) is 3.02. The fourth-order valence-corrected chi connectivity index (χ4v) is 4.06. The minimum atomic E-state index is -0.255. The van der Waals surface area contributed by atoms with E-state index in [0.29, 0.717) is 27.3 Å². The molecule has 2 aromatic carbocycles. The molecule has 1 fully saturated rings. The molecule has 0 unspecified atom stereocenters. The largest absolute Gasteiger partial charge is 0.490 e. The van der Waals surface area contributed by atoms with Gasteiger partial charge in [0.1, 0.15) is 4.32 Å². The summed E-state index contributed by atoms with van der Waals surface area (Å²) in [5, 5.41) is 5.50. The zero-order valence-corrected chi connectivity index (χ0v) is 19.2. The van der Waals surface area contributed by atoms with Gasteiger partial charge in [0.05, 0.1) is 11.5 Å². The number of rotatable bonds is 8. The predicted molar refractivity (Wildman–Crippen MR) is 129 cm³/mol. The minimum Gasteiger partial charge on any atom is -0.490 e. The maximum Gasteiger partial charge on any atom is 0.263 e. The Morgan fingerprint density at radius 1 is 1.19 bits per heavy atom. The maximum atomic E-state index is 12.4. The van der Waals surface area contributed by atoms with Crippen LogP contribution in [0, 0.1) is 0 Å². The van der Waals surface area contributed by atoms with Crippen LogP contribution in [0.3, 0.4) is 0 Å². The molecule has 0 spiro atoms. The number of carbonyl (C=O) groups is 2. The van der Waals surface area contributed by atoms with Gasteiger partial charge in [0.2, 0.25) is 0 Å². The quantitative estimate of drug-likeness (QED) is 0.442. The lowest BCUT2D eigenvalue weighted by Gasteiger charge is -2.15. The lowest BCUT2D eigenvalue weighted by Crippen LogP contribution is -2.21. The topological polar surface area (TPSA) is 76.7 Å². The van der Waals surface area contributed by atoms with Crippen LogP contribution in [0.2, 0.25) is 0 Å². The Balaban J connectivity index is 1.70. The van der Waals surface area contributed by atoms with Gasteiger partial charge in [-0.05, 0) is 48.2 Å². The molecule has 2 N–H and O–H groups in total. The molecule has 2 aromatic rings. The number of hydrogen-bond donors (Lipinski definition) is 2. The molecule has 1 aliphatic rings. The summed E-state index contributed by atoms with van der Waals surface area (Å²) in [5.74, 6) is 0.771. The molecule has 31 heavy (non-hydrogen) atoms. The zero-order valence-electron chi connectivity index (χ0n) is 17.6. The molecule has 0 bridgehead atoms. The van der Waals surface area contributed by atoms with Crippen molar-refractivity contribution in [3.05, 3.63) is 58.5 Å². The van der Waals surface area contributed by atoms with E-state index in [2.05, 4.69) is 24.5 Å². The van der Waals surface area contributed by atoms with Crippen molar-refractivity contribution in [1.29, 1.82) is 0 Å². The van der Waals surface area contributed by atoms with E-state index in [9.17, 15) is 9.59 Å². The minimum absolute atomic E-state index is 0.153. The van der Waals surface area contributed by atoms with Gasteiger partial charge in [-0.2, -0.15) is 0 Å². The Hall–Kier alpha value is -2.84. The number of thiocarbonyl (C=S) groups is 1. The van der Waals surface area contributed by atoms with Crippen LogP contribution >= 0.6 is 24.0 Å². The molecule has 0 aromatic heterocycles. The summed E-state index contributed by atoms with van der Waals surface area (Å²) in [6.07, 6.45) is 1.74. The van der Waals surface area contributed by atoms with Crippen molar-refractivity contribution in [3.8, 4) is 11.5 Å². The molecule has 3 rings (SSSR count). The SMILES string of the molecule is CCOc1cc(/C=C2\SC(=S)NC2=O)ccc1OCC(=O)Nc1ccccc1C(C)C. The van der Waals surface area contributed by atoms with Crippen molar-refractivity contribution in [1.82, 2.24) is 5.32 Å². The number of para-hydroxylation sites is 1. The number of benzene rings is 2. The smallest absolute Gasteiger partial charge is 0.263 e. The van der Waals surface area contributed by atoms with Gasteiger partial charge in [-0.1, -0.05) is 62.1 Å². The number of carbonyl (C=O) groups excluding carboxylic acids is 2.